The van der Waals surface area contributed by atoms with Gasteiger partial charge < -0.3 is 168 Å². The first kappa shape index (κ1) is 84.5. The smallest absolute Gasteiger partial charge is 0.187 e. The van der Waals surface area contributed by atoms with Crippen LogP contribution in [-0.2, 0) is 144 Å². The summed E-state index contributed by atoms with van der Waals surface area (Å²) >= 11 is 0. The van der Waals surface area contributed by atoms with Crippen molar-refractivity contribution in [2.24, 2.45) is 0 Å². The Balaban J connectivity index is 0.807. The molecule has 8 aliphatic heterocycles. The third kappa shape index (κ3) is 18.9. The summed E-state index contributed by atoms with van der Waals surface area (Å²) in [6.45, 7) is 0.554. The van der Waals surface area contributed by atoms with Gasteiger partial charge in [-0.25, -0.2) is 0 Å². The lowest BCUT2D eigenvalue weighted by Crippen LogP contribution is -2.69. The van der Waals surface area contributed by atoms with Crippen LogP contribution in [0.5, 0.6) is 0 Å². The Hall–Kier alpha value is -2.96. The summed E-state index contributed by atoms with van der Waals surface area (Å²) in [6, 6.07) is 18.8. The van der Waals surface area contributed by atoms with E-state index in [0.29, 0.717) is 12.2 Å². The second-order valence-corrected chi connectivity index (χ2v) is 26.6. The van der Waals surface area contributed by atoms with Crippen LogP contribution >= 0.6 is 0 Å². The Morgan fingerprint density at radius 3 is 1.10 bits per heavy atom. The molecule has 8 aliphatic rings. The SMILES string of the molecule is COCC1O[C@@H](O[C@H]2C(OC)C(OC)[C@@H](O[C@H]3C(OC)C(OC)[C@H](O[C@@H]4C(COCc5ccccc5)O[C@@H](C)C(OC)[C@H]4OC)O[C@H]3COC)O[C@H]2COC)C(OC)[C@@H](OC)[C@@H]1O[C@H]1OC(CO)[C@@H](O[C@@H]2O[C@@H](CO)[C@@H](O[C@H]3O[C@H]4COC(c5ccccc5)O[C@H]4C(O)C3O)C(O)C2O)[C@H](OC)C1OC. The van der Waals surface area contributed by atoms with Crippen molar-refractivity contribution in [2.45, 2.75) is 235 Å². The number of methoxy groups -OCH3 is 13. The fraction of sp³-hybridized carbons (Fsp3) is 0.829. The fourth-order valence-corrected chi connectivity index (χ4v) is 15.3. The van der Waals surface area contributed by atoms with Crippen molar-refractivity contribution in [2.75, 3.05) is 139 Å². The van der Waals surface area contributed by atoms with E-state index < -0.39 is 234 Å². The molecule has 105 heavy (non-hydrogen) atoms. The molecule has 6 N–H and O–H groups in total. The first-order chi connectivity index (χ1) is 51.0. The molecule has 0 amide bonds. The molecule has 2 aromatic carbocycles. The van der Waals surface area contributed by atoms with E-state index in [1.165, 1.54) is 78.2 Å². The molecule has 8 saturated heterocycles. The maximum Gasteiger partial charge on any atom is 0.187 e. The van der Waals surface area contributed by atoms with Gasteiger partial charge in [-0.05, 0) is 12.5 Å². The number of fused-ring (bicyclic) bond motifs is 1. The molecule has 0 spiro atoms. The minimum atomic E-state index is -1.92. The molecule has 0 radical (unpaired) electrons. The van der Waals surface area contributed by atoms with E-state index in [0.717, 1.165) is 5.56 Å². The zero-order valence-electron chi connectivity index (χ0n) is 61.7. The second kappa shape index (κ2) is 40.5. The monoisotopic (exact) mass is 1510 g/mol. The van der Waals surface area contributed by atoms with Gasteiger partial charge in [-0.3, -0.25) is 0 Å². The number of benzene rings is 2. The minimum Gasteiger partial charge on any atom is -0.394 e. The van der Waals surface area contributed by atoms with Gasteiger partial charge in [-0.2, -0.15) is 0 Å². The van der Waals surface area contributed by atoms with Crippen molar-refractivity contribution < 1.29 is 168 Å². The third-order valence-corrected chi connectivity index (χ3v) is 20.5. The van der Waals surface area contributed by atoms with Gasteiger partial charge in [0.05, 0.1) is 59.0 Å². The Morgan fingerprint density at radius 2 is 0.676 bits per heavy atom. The molecule has 8 fully saturated rings. The molecule has 0 aliphatic carbocycles. The highest BCUT2D eigenvalue weighted by Crippen LogP contribution is 2.42. The molecule has 35 nitrogen and oxygen atoms in total. The Bertz CT molecular complexity index is 2780. The average Bonchev–Trinajstić information content (AvgIpc) is 0.769. The number of hydrogen-bond acceptors (Lipinski definition) is 35. The molecular formula is C70H110O35. The van der Waals surface area contributed by atoms with Crippen molar-refractivity contribution in [3.63, 3.8) is 0 Å². The lowest BCUT2D eigenvalue weighted by atomic mass is 9.94. The quantitative estimate of drug-likeness (QED) is 0.0447. The van der Waals surface area contributed by atoms with E-state index in [1.807, 2.05) is 43.3 Å². The molecule has 8 heterocycles. The molecule has 10 rings (SSSR count). The highest BCUT2D eigenvalue weighted by molar-refractivity contribution is 5.17. The van der Waals surface area contributed by atoms with Gasteiger partial charge in [0.15, 0.2) is 44.0 Å². The van der Waals surface area contributed by atoms with Crippen LogP contribution < -0.4 is 0 Å². The Morgan fingerprint density at radius 1 is 0.333 bits per heavy atom. The maximum atomic E-state index is 11.7. The van der Waals surface area contributed by atoms with Gasteiger partial charge in [0, 0.05) is 98.0 Å². The minimum absolute atomic E-state index is 0.0142. The molecule has 35 heteroatoms. The highest BCUT2D eigenvalue weighted by atomic mass is 16.8. The summed E-state index contributed by atoms with van der Waals surface area (Å²) in [5.41, 5.74) is 1.67. The molecule has 36 atom stereocenters. The molecule has 2 aromatic rings. The van der Waals surface area contributed by atoms with Crippen LogP contribution in [-0.4, -0.2) is 384 Å². The van der Waals surface area contributed by atoms with Gasteiger partial charge in [0.1, 0.15) is 171 Å². The van der Waals surface area contributed by atoms with E-state index in [4.69, 9.17) is 137 Å². The van der Waals surface area contributed by atoms with Crippen molar-refractivity contribution in [1.82, 2.24) is 0 Å². The van der Waals surface area contributed by atoms with Crippen LogP contribution in [0.25, 0.3) is 0 Å². The van der Waals surface area contributed by atoms with Gasteiger partial charge >= 0.3 is 0 Å². The van der Waals surface area contributed by atoms with Crippen LogP contribution in [0.15, 0.2) is 60.7 Å². The van der Waals surface area contributed by atoms with E-state index in [2.05, 4.69) is 0 Å². The van der Waals surface area contributed by atoms with Crippen molar-refractivity contribution in [3.05, 3.63) is 71.8 Å². The van der Waals surface area contributed by atoms with Crippen molar-refractivity contribution in [1.29, 1.82) is 0 Å². The van der Waals surface area contributed by atoms with E-state index >= 15 is 0 Å². The molecule has 0 bridgehead atoms. The van der Waals surface area contributed by atoms with E-state index in [-0.39, 0.29) is 33.0 Å². The zero-order chi connectivity index (χ0) is 75.2. The lowest BCUT2D eigenvalue weighted by molar-refractivity contribution is -0.404. The van der Waals surface area contributed by atoms with Gasteiger partial charge in [-0.1, -0.05) is 60.7 Å². The maximum absolute atomic E-state index is 11.7. The summed E-state index contributed by atoms with van der Waals surface area (Å²) in [4.78, 5) is 0. The van der Waals surface area contributed by atoms with Crippen LogP contribution in [0, 0.1) is 0 Å². The van der Waals surface area contributed by atoms with Gasteiger partial charge in [-0.15, -0.1) is 0 Å². The van der Waals surface area contributed by atoms with Gasteiger partial charge in [0.25, 0.3) is 0 Å². The van der Waals surface area contributed by atoms with Crippen LogP contribution in [0.4, 0.5) is 0 Å². The summed E-state index contributed by atoms with van der Waals surface area (Å²) in [5.74, 6) is 0. The number of aliphatic hydroxyl groups is 6. The molecular weight excluding hydrogens is 1400 g/mol. The first-order valence-electron chi connectivity index (χ1n) is 35.1. The van der Waals surface area contributed by atoms with Crippen LogP contribution in [0.2, 0.25) is 0 Å². The topological polar surface area (TPSA) is 389 Å². The summed E-state index contributed by atoms with van der Waals surface area (Å²) < 4.78 is 182. The lowest BCUT2D eigenvalue weighted by Gasteiger charge is -2.52. The summed E-state index contributed by atoms with van der Waals surface area (Å²) in [5, 5.41) is 67.7. The highest BCUT2D eigenvalue weighted by Gasteiger charge is 2.61. The van der Waals surface area contributed by atoms with Crippen molar-refractivity contribution >= 4 is 0 Å². The van der Waals surface area contributed by atoms with E-state index in [9.17, 15) is 30.6 Å². The molecule has 15 unspecified atom stereocenters. The number of rotatable bonds is 35. The molecule has 0 aromatic heterocycles. The Labute approximate surface area is 611 Å². The third-order valence-electron chi connectivity index (χ3n) is 20.5. The summed E-state index contributed by atoms with van der Waals surface area (Å²) in [6.07, 6.45) is -41.5. The zero-order valence-corrected chi connectivity index (χ0v) is 61.7. The normalized spacial score (nSPS) is 44.1. The number of ether oxygens (including phenoxy) is 29. The van der Waals surface area contributed by atoms with Crippen LogP contribution in [0.3, 0.4) is 0 Å². The fourth-order valence-electron chi connectivity index (χ4n) is 15.3. The number of hydrogen-bond donors (Lipinski definition) is 6. The predicted octanol–water partition coefficient (Wildman–Crippen LogP) is -1.72. The van der Waals surface area contributed by atoms with Crippen molar-refractivity contribution in [3.8, 4) is 0 Å². The summed E-state index contributed by atoms with van der Waals surface area (Å²) in [7, 11) is 19.2. The standard InChI is InChI=1S/C70H110O35/c1-33-47(80-5)55(81-6)54(41(92-33)31-90-27-34-21-17-15-18-22-34)105-70-63(89-14)59(85-10)53(40(98-70)30-79-4)104-69-62(88-13)58(84-9)52(39(97-69)29-78-3)103-68-61(87-12)57(83-8)51(38(96-68)28-77-2)102-67-60(86-11)56(82-7)50(37(26-72)94-67)101-65-45(75)43(73)48(36(25-71)93-65)100-66-46(76)44(74)49-42(95-66)32-91-64(99-49)35-23-19-16-20-24-35/h15-24,33,36-76H,25-32H2,1-14H3/t33-,36-,37?,38?,39-,40-,41?,42-,43?,44?,45?,46?,47?,48+,49+,50+,51+,52+,53+,54+,55+,56-,57-,58?,59?,60?,61?,62?,63?,64?,65-,66+,67+,68-,69+,70-/m0/s1. The second-order valence-electron chi connectivity index (χ2n) is 26.6. The predicted molar refractivity (Wildman–Crippen MR) is 353 cm³/mol. The Kier molecular flexibility index (Phi) is 32.6. The van der Waals surface area contributed by atoms with Gasteiger partial charge in [0.2, 0.25) is 0 Å². The average molecular weight is 1510 g/mol. The first-order valence-corrected chi connectivity index (χ1v) is 35.1. The number of aliphatic hydroxyl groups excluding tert-OH is 6. The molecule has 600 valence electrons. The van der Waals surface area contributed by atoms with Crippen LogP contribution in [0.1, 0.15) is 24.3 Å². The van der Waals surface area contributed by atoms with E-state index in [1.54, 1.807) is 38.5 Å². The largest absolute Gasteiger partial charge is 0.394 e. The molecule has 0 saturated carbocycles.